The number of nitriles is 1. The van der Waals surface area contributed by atoms with Crippen LogP contribution in [-0.4, -0.2) is 9.55 Å². The van der Waals surface area contributed by atoms with Gasteiger partial charge in [0.25, 0.3) is 0 Å². The lowest BCUT2D eigenvalue weighted by Crippen LogP contribution is -2.04. The molecular formula is C12H10FN3O. The van der Waals surface area contributed by atoms with E-state index in [2.05, 4.69) is 4.98 Å². The fraction of sp³-hybridized carbons (Fsp3) is 0.167. The van der Waals surface area contributed by atoms with E-state index < -0.39 is 5.82 Å². The summed E-state index contributed by atoms with van der Waals surface area (Å²) < 4.78 is 20.5. The summed E-state index contributed by atoms with van der Waals surface area (Å²) in [6.45, 7) is 0.187. The van der Waals surface area contributed by atoms with Crippen LogP contribution in [0.5, 0.6) is 5.75 Å². The van der Waals surface area contributed by atoms with Crippen LogP contribution in [0.25, 0.3) is 0 Å². The molecule has 0 aliphatic rings. The van der Waals surface area contributed by atoms with Crippen LogP contribution in [-0.2, 0) is 13.7 Å². The van der Waals surface area contributed by atoms with Gasteiger partial charge in [-0.25, -0.2) is 9.37 Å². The molecule has 0 spiro atoms. The molecule has 5 heteroatoms. The van der Waals surface area contributed by atoms with Gasteiger partial charge in [-0.3, -0.25) is 0 Å². The Morgan fingerprint density at radius 3 is 2.94 bits per heavy atom. The first-order chi connectivity index (χ1) is 8.20. The summed E-state index contributed by atoms with van der Waals surface area (Å²) in [5, 5.41) is 8.60. The number of hydrogen-bond donors (Lipinski definition) is 0. The van der Waals surface area contributed by atoms with E-state index in [4.69, 9.17) is 10.00 Å². The number of halogens is 1. The van der Waals surface area contributed by atoms with E-state index in [-0.39, 0.29) is 17.9 Å². The second-order valence-corrected chi connectivity index (χ2v) is 3.50. The standard InChI is InChI=1S/C12H10FN3O/c1-16-5-4-15-12(16)8-17-11-3-2-9(7-14)6-10(11)13/h2-6H,8H2,1H3. The zero-order valence-corrected chi connectivity index (χ0v) is 9.22. The van der Waals surface area contributed by atoms with Crippen LogP contribution in [0.15, 0.2) is 30.6 Å². The van der Waals surface area contributed by atoms with Gasteiger partial charge in [0.1, 0.15) is 12.4 Å². The third-order valence-electron chi connectivity index (χ3n) is 2.34. The maximum Gasteiger partial charge on any atom is 0.166 e. The minimum Gasteiger partial charge on any atom is -0.483 e. The monoisotopic (exact) mass is 231 g/mol. The van der Waals surface area contributed by atoms with Gasteiger partial charge in [0, 0.05) is 19.4 Å². The molecule has 1 aromatic carbocycles. The number of nitrogens with zero attached hydrogens (tertiary/aromatic N) is 3. The zero-order chi connectivity index (χ0) is 12.3. The van der Waals surface area contributed by atoms with Crippen molar-refractivity contribution in [3.05, 3.63) is 47.8 Å². The van der Waals surface area contributed by atoms with Crippen molar-refractivity contribution in [1.82, 2.24) is 9.55 Å². The summed E-state index contributed by atoms with van der Waals surface area (Å²) in [7, 11) is 1.83. The van der Waals surface area contributed by atoms with Crippen LogP contribution >= 0.6 is 0 Å². The van der Waals surface area contributed by atoms with Crippen molar-refractivity contribution in [1.29, 1.82) is 5.26 Å². The van der Waals surface area contributed by atoms with Crippen LogP contribution < -0.4 is 4.74 Å². The molecule has 0 N–H and O–H groups in total. The SMILES string of the molecule is Cn1ccnc1COc1ccc(C#N)cc1F. The van der Waals surface area contributed by atoms with Crippen molar-refractivity contribution >= 4 is 0 Å². The Balaban J connectivity index is 2.10. The van der Waals surface area contributed by atoms with Crippen LogP contribution in [0.2, 0.25) is 0 Å². The molecule has 0 bridgehead atoms. The largest absolute Gasteiger partial charge is 0.483 e. The van der Waals surface area contributed by atoms with Crippen molar-refractivity contribution in [3.63, 3.8) is 0 Å². The third-order valence-corrected chi connectivity index (χ3v) is 2.34. The quantitative estimate of drug-likeness (QED) is 0.811. The second kappa shape index (κ2) is 4.66. The second-order valence-electron chi connectivity index (χ2n) is 3.50. The third kappa shape index (κ3) is 2.42. The molecule has 2 aromatic rings. The summed E-state index contributed by atoms with van der Waals surface area (Å²) in [5.74, 6) is 0.277. The number of ether oxygens (including phenoxy) is 1. The summed E-state index contributed by atoms with van der Waals surface area (Å²) >= 11 is 0. The summed E-state index contributed by atoms with van der Waals surface area (Å²) in [6.07, 6.45) is 3.43. The van der Waals surface area contributed by atoms with Crippen molar-refractivity contribution < 1.29 is 9.13 Å². The lowest BCUT2D eigenvalue weighted by atomic mass is 10.2. The highest BCUT2D eigenvalue weighted by molar-refractivity contribution is 5.35. The smallest absolute Gasteiger partial charge is 0.166 e. The van der Waals surface area contributed by atoms with Gasteiger partial charge >= 0.3 is 0 Å². The van der Waals surface area contributed by atoms with Gasteiger partial charge in [-0.05, 0) is 18.2 Å². The molecule has 86 valence electrons. The molecule has 4 nitrogen and oxygen atoms in total. The molecule has 2 rings (SSSR count). The number of aromatic nitrogens is 2. The molecular weight excluding hydrogens is 221 g/mol. The molecule has 0 saturated heterocycles. The summed E-state index contributed by atoms with van der Waals surface area (Å²) in [5.41, 5.74) is 0.270. The van der Waals surface area contributed by atoms with E-state index in [1.807, 2.05) is 13.1 Å². The summed E-state index contributed by atoms with van der Waals surface area (Å²) in [6, 6.07) is 5.96. The predicted molar refractivity (Wildman–Crippen MR) is 58.7 cm³/mol. The molecule has 1 aromatic heterocycles. The van der Waals surface area contributed by atoms with Crippen molar-refractivity contribution in [2.45, 2.75) is 6.61 Å². The highest BCUT2D eigenvalue weighted by atomic mass is 19.1. The first kappa shape index (κ1) is 11.1. The molecule has 0 unspecified atom stereocenters. The molecule has 0 radical (unpaired) electrons. The molecule has 1 heterocycles. The Morgan fingerprint density at radius 1 is 1.53 bits per heavy atom. The fourth-order valence-electron chi connectivity index (χ4n) is 1.37. The average Bonchev–Trinajstić information content (AvgIpc) is 2.73. The average molecular weight is 231 g/mol. The van der Waals surface area contributed by atoms with E-state index in [9.17, 15) is 4.39 Å². The molecule has 0 aliphatic carbocycles. The fourth-order valence-corrected chi connectivity index (χ4v) is 1.37. The zero-order valence-electron chi connectivity index (χ0n) is 9.22. The van der Waals surface area contributed by atoms with Gasteiger partial charge in [-0.2, -0.15) is 5.26 Å². The highest BCUT2D eigenvalue weighted by Crippen LogP contribution is 2.18. The van der Waals surface area contributed by atoms with E-state index in [1.165, 1.54) is 12.1 Å². The van der Waals surface area contributed by atoms with Crippen LogP contribution in [0.4, 0.5) is 4.39 Å². The van der Waals surface area contributed by atoms with Gasteiger partial charge < -0.3 is 9.30 Å². The van der Waals surface area contributed by atoms with Crippen molar-refractivity contribution in [3.8, 4) is 11.8 Å². The lowest BCUT2D eigenvalue weighted by molar-refractivity contribution is 0.277. The Hall–Kier alpha value is -2.35. The summed E-state index contributed by atoms with van der Waals surface area (Å²) in [4.78, 5) is 4.06. The minimum atomic E-state index is -0.543. The Morgan fingerprint density at radius 2 is 2.35 bits per heavy atom. The predicted octanol–water partition coefficient (Wildman–Crippen LogP) is 2.01. The molecule has 0 fully saturated rings. The van der Waals surface area contributed by atoms with E-state index in [0.717, 1.165) is 6.07 Å². The van der Waals surface area contributed by atoms with Crippen LogP contribution in [0, 0.1) is 17.1 Å². The number of benzene rings is 1. The first-order valence-electron chi connectivity index (χ1n) is 4.99. The highest BCUT2D eigenvalue weighted by Gasteiger charge is 2.06. The first-order valence-corrected chi connectivity index (χ1v) is 4.99. The van der Waals surface area contributed by atoms with Gasteiger partial charge in [0.05, 0.1) is 11.6 Å². The molecule has 0 aliphatic heterocycles. The van der Waals surface area contributed by atoms with Crippen LogP contribution in [0.3, 0.4) is 0 Å². The van der Waals surface area contributed by atoms with Gasteiger partial charge in [0.15, 0.2) is 11.6 Å². The number of imidazole rings is 1. The lowest BCUT2D eigenvalue weighted by Gasteiger charge is -2.07. The van der Waals surface area contributed by atoms with Crippen molar-refractivity contribution in [2.24, 2.45) is 7.05 Å². The van der Waals surface area contributed by atoms with E-state index >= 15 is 0 Å². The van der Waals surface area contributed by atoms with Gasteiger partial charge in [-0.15, -0.1) is 0 Å². The Bertz CT molecular complexity index is 571. The Kier molecular flexibility index (Phi) is 3.06. The number of rotatable bonds is 3. The van der Waals surface area contributed by atoms with Gasteiger partial charge in [-0.1, -0.05) is 0 Å². The number of aryl methyl sites for hydroxylation is 1. The molecule has 0 saturated carbocycles. The number of hydrogen-bond acceptors (Lipinski definition) is 3. The van der Waals surface area contributed by atoms with Crippen molar-refractivity contribution in [2.75, 3.05) is 0 Å². The molecule has 0 atom stereocenters. The Labute approximate surface area is 97.9 Å². The minimum absolute atomic E-state index is 0.118. The maximum absolute atomic E-state index is 13.5. The van der Waals surface area contributed by atoms with E-state index in [1.54, 1.807) is 17.0 Å². The van der Waals surface area contributed by atoms with Gasteiger partial charge in [0.2, 0.25) is 0 Å². The molecule has 17 heavy (non-hydrogen) atoms. The maximum atomic E-state index is 13.5. The van der Waals surface area contributed by atoms with Crippen LogP contribution in [0.1, 0.15) is 11.4 Å². The molecule has 0 amide bonds. The van der Waals surface area contributed by atoms with E-state index in [0.29, 0.717) is 5.82 Å². The normalized spacial score (nSPS) is 9.94. The topological polar surface area (TPSA) is 50.8 Å².